The Hall–Kier alpha value is -1.57. The molecule has 0 spiro atoms. The van der Waals surface area contributed by atoms with Crippen molar-refractivity contribution in [1.29, 1.82) is 0 Å². The predicted molar refractivity (Wildman–Crippen MR) is 101 cm³/mol. The Morgan fingerprint density at radius 3 is 0.656 bits per heavy atom. The van der Waals surface area contributed by atoms with Crippen LogP contribution in [-0.2, 0) is 30.4 Å². The van der Waals surface area contributed by atoms with Crippen LogP contribution in [0.4, 0.5) is 0 Å². The number of hydrogen-bond donors (Lipinski definition) is 4. The van der Waals surface area contributed by atoms with Gasteiger partial charge < -0.3 is 95.7 Å². The summed E-state index contributed by atoms with van der Waals surface area (Å²) in [6.07, 6.45) is 1.12. The van der Waals surface area contributed by atoms with E-state index in [0.29, 0.717) is 12.2 Å². The molecule has 0 rings (SSSR count). The molecule has 30 N–H and O–H groups in total. The molecule has 0 atom stereocenters. The van der Waals surface area contributed by atoms with Crippen LogP contribution in [0.3, 0.4) is 0 Å². The zero-order valence-electron chi connectivity index (χ0n) is 15.3. The van der Waals surface area contributed by atoms with Crippen LogP contribution < -0.4 is 6.15 Å². The number of aliphatic carboxylic acids is 2. The molecule has 0 fully saturated rings. The zero-order valence-corrected chi connectivity index (χ0v) is 18.1. The zero-order chi connectivity index (χ0) is 15.6. The van der Waals surface area contributed by atoms with E-state index >= 15 is 0 Å². The Morgan fingerprint density at radius 2 is 0.625 bits per heavy atom. The van der Waals surface area contributed by atoms with Gasteiger partial charge in [0, 0.05) is 22.6 Å². The molecule has 212 valence electrons. The van der Waals surface area contributed by atoms with Gasteiger partial charge in [0.15, 0.2) is 0 Å². The molecule has 0 aromatic heterocycles. The Labute approximate surface area is 189 Å². The van der Waals surface area contributed by atoms with E-state index in [9.17, 15) is 9.59 Å². The fourth-order valence-electron chi connectivity index (χ4n) is 0.143. The second-order valence-electron chi connectivity index (χ2n) is 1.85. The Bertz CT molecular complexity index is 436. The summed E-state index contributed by atoms with van der Waals surface area (Å²) in [5, 5.41) is 15.6. The summed E-state index contributed by atoms with van der Waals surface area (Å²) < 4.78 is 66.9. The maximum atomic E-state index is 9.55. The van der Waals surface area contributed by atoms with Gasteiger partial charge in [0.2, 0.25) is 10.4 Å². The van der Waals surface area contributed by atoms with Crippen LogP contribution in [0.25, 0.3) is 0 Å². The first kappa shape index (κ1) is 146. The van der Waals surface area contributed by atoms with Gasteiger partial charge in [-0.15, -0.1) is 0 Å². The summed E-state index contributed by atoms with van der Waals surface area (Å²) in [6, 6.07) is 0. The number of hydrogen-bond acceptors (Lipinski definition) is 10. The Kier molecular flexibility index (Phi) is 320. The summed E-state index contributed by atoms with van der Waals surface area (Å²) in [6.45, 7) is 0. The normalized spacial score (nSPS) is 6.00. The second-order valence-corrected chi connectivity index (χ2v) is 3.52. The number of rotatable bonds is 2. The number of carboxylic acid groups (broad SMARTS) is 2. The van der Waals surface area contributed by atoms with Crippen molar-refractivity contribution in [1.82, 2.24) is 6.15 Å². The molecule has 0 radical (unpaired) electrons. The topological polar surface area (TPSA) is 645 Å². The van der Waals surface area contributed by atoms with Crippen LogP contribution in [0.2, 0.25) is 0 Å². The fourth-order valence-corrected chi connectivity index (χ4v) is 0.143. The van der Waals surface area contributed by atoms with Crippen LogP contribution in [0.5, 0.6) is 0 Å². The summed E-state index contributed by atoms with van der Waals surface area (Å²) in [4.78, 5) is 19.1. The van der Waals surface area contributed by atoms with Gasteiger partial charge in [-0.25, -0.2) is 18.0 Å². The molecular weight excluding hydrogens is 537 g/mol. The van der Waals surface area contributed by atoms with Gasteiger partial charge in [-0.3, -0.25) is 13.0 Å². The van der Waals surface area contributed by atoms with Crippen LogP contribution in [0.1, 0.15) is 0 Å². The minimum Gasteiger partial charge on any atom is -0.759 e. The van der Waals surface area contributed by atoms with Crippen molar-refractivity contribution in [3.63, 3.8) is 0 Å². The maximum Gasteiger partial charge on any atom is 3.00 e. The van der Waals surface area contributed by atoms with Crippen LogP contribution >= 0.6 is 0 Å². The Morgan fingerprint density at radius 1 is 0.562 bits per heavy atom. The first-order valence-electron chi connectivity index (χ1n) is 3.12. The van der Waals surface area contributed by atoms with Gasteiger partial charge in [0.25, 0.3) is 0 Å². The summed E-state index contributed by atoms with van der Waals surface area (Å²) in [5.74, 6) is -2.51. The van der Waals surface area contributed by atoms with E-state index in [-0.39, 0.29) is 89.2 Å². The predicted octanol–water partition coefficient (Wildman–Crippen LogP) is -12.7. The number of carboxylic acids is 2. The third-order valence-corrected chi connectivity index (χ3v) is 0.368. The molecule has 0 aliphatic heterocycles. The molecular formula is C4H32AlNO24S2. The van der Waals surface area contributed by atoms with E-state index in [1.54, 1.807) is 0 Å². The van der Waals surface area contributed by atoms with Gasteiger partial charge in [0.05, 0.1) is 0 Å². The average Bonchev–Trinajstić information content (AvgIpc) is 1.93. The number of carbonyl (C=O) groups is 2. The summed E-state index contributed by atoms with van der Waals surface area (Å²) in [7, 11) is -10.1. The molecule has 0 saturated heterocycles. The minimum absolute atomic E-state index is 0. The second kappa shape index (κ2) is 70.0. The molecule has 28 heteroatoms. The van der Waals surface area contributed by atoms with Crippen molar-refractivity contribution in [2.75, 3.05) is 0 Å². The van der Waals surface area contributed by atoms with Crippen molar-refractivity contribution in [2.45, 2.75) is 0 Å². The monoisotopic (exact) mass is 569 g/mol. The third kappa shape index (κ3) is 1820. The molecule has 25 nitrogen and oxygen atoms in total. The Balaban J connectivity index is -0.00000000588. The van der Waals surface area contributed by atoms with Crippen LogP contribution in [0.15, 0.2) is 12.2 Å². The van der Waals surface area contributed by atoms with Gasteiger partial charge in [0.1, 0.15) is 0 Å². The van der Waals surface area contributed by atoms with Gasteiger partial charge in [-0.05, 0) is 0 Å². The standard InChI is InChI=1S/C4H4O4.Al.H3N.2H2O4S.12H2O/c5-3(6)1-2-4(7)8;;;2*1-5(2,3)4;;;;;;;;;;;;/h1-2H,(H,5,6)(H,7,8);;1H3;2*(H2,1,2,3,4);12*1H2/q;+3;;;;;;;;;;;;;;;/p-3/b2-1-;;;;;;;;;;;;;;;;. The first-order chi connectivity index (χ1) is 7.63. The van der Waals surface area contributed by atoms with E-state index < -0.39 is 32.7 Å². The van der Waals surface area contributed by atoms with Crippen LogP contribution in [-0.4, -0.2) is 140 Å². The quantitative estimate of drug-likeness (QED) is 0.104. The summed E-state index contributed by atoms with van der Waals surface area (Å²) >= 11 is 0. The molecule has 0 aliphatic carbocycles. The van der Waals surface area contributed by atoms with Gasteiger partial charge in [-0.2, -0.15) is 0 Å². The summed E-state index contributed by atoms with van der Waals surface area (Å²) in [5.41, 5.74) is 0. The van der Waals surface area contributed by atoms with Gasteiger partial charge >= 0.3 is 29.3 Å². The van der Waals surface area contributed by atoms with E-state index in [4.69, 9.17) is 45.3 Å². The average molecular weight is 569 g/mol. The smallest absolute Gasteiger partial charge is 0.759 e. The van der Waals surface area contributed by atoms with Crippen molar-refractivity contribution in [3.8, 4) is 0 Å². The molecule has 0 heterocycles. The SMILES string of the molecule is N.O.O.O.O.O.O.O.O.O.O.O.O.O=C(O)/C=C\C(=O)O.O=S(=O)([O-])O.O=S(=O)([O-])[O-].[Al+3]. The minimum atomic E-state index is -5.17. The third-order valence-electron chi connectivity index (χ3n) is 0.368. The molecule has 0 aromatic rings. The first-order valence-corrected chi connectivity index (χ1v) is 5.81. The van der Waals surface area contributed by atoms with Crippen molar-refractivity contribution in [3.05, 3.63) is 12.2 Å². The molecule has 0 saturated carbocycles. The van der Waals surface area contributed by atoms with E-state index in [2.05, 4.69) is 0 Å². The fraction of sp³-hybridized carbons (Fsp3) is 0. The van der Waals surface area contributed by atoms with E-state index in [0.717, 1.165) is 0 Å². The van der Waals surface area contributed by atoms with Crippen LogP contribution in [0, 0.1) is 0 Å². The largest absolute Gasteiger partial charge is 3.00 e. The molecule has 0 bridgehead atoms. The molecule has 0 aromatic carbocycles. The van der Waals surface area contributed by atoms with Crippen molar-refractivity contribution >= 4 is 50.1 Å². The van der Waals surface area contributed by atoms with Crippen molar-refractivity contribution < 1.29 is 121 Å². The van der Waals surface area contributed by atoms with E-state index in [1.807, 2.05) is 0 Å². The molecule has 32 heavy (non-hydrogen) atoms. The van der Waals surface area contributed by atoms with Crippen molar-refractivity contribution in [2.24, 2.45) is 0 Å². The molecule has 0 amide bonds. The maximum absolute atomic E-state index is 9.55. The molecule has 0 unspecified atom stereocenters. The van der Waals surface area contributed by atoms with E-state index in [1.165, 1.54) is 0 Å². The molecule has 0 aliphatic rings. The van der Waals surface area contributed by atoms with Gasteiger partial charge in [-0.1, -0.05) is 0 Å².